The standard InChI is InChI=1S/C14H18O4/c15-11(16)13(7-3-1-4-8-13)14(12(17)18)9-5-2-6-10-14/h1-3,5H,4,6-10H2,(H,15,16)(H,17,18)/t13-,14-/m0/s1. The molecule has 2 aliphatic rings. The van der Waals surface area contributed by atoms with Gasteiger partial charge in [0.25, 0.3) is 0 Å². The number of allylic oxidation sites excluding steroid dienone is 4. The topological polar surface area (TPSA) is 74.6 Å². The van der Waals surface area contributed by atoms with Crippen LogP contribution in [0.1, 0.15) is 38.5 Å². The Hall–Kier alpha value is -1.58. The number of carbonyl (C=O) groups is 2. The van der Waals surface area contributed by atoms with E-state index >= 15 is 0 Å². The van der Waals surface area contributed by atoms with Gasteiger partial charge in [-0.15, -0.1) is 0 Å². The summed E-state index contributed by atoms with van der Waals surface area (Å²) in [5.41, 5.74) is -2.31. The lowest BCUT2D eigenvalue weighted by atomic mass is 9.54. The first kappa shape index (κ1) is 12.9. The summed E-state index contributed by atoms with van der Waals surface area (Å²) < 4.78 is 0. The zero-order chi connectivity index (χ0) is 13.2. The number of aliphatic carboxylic acids is 2. The van der Waals surface area contributed by atoms with Gasteiger partial charge in [0.1, 0.15) is 0 Å². The molecule has 0 aromatic carbocycles. The number of carboxylic acids is 2. The fourth-order valence-corrected chi connectivity index (χ4v) is 3.34. The zero-order valence-corrected chi connectivity index (χ0v) is 10.3. The summed E-state index contributed by atoms with van der Waals surface area (Å²) >= 11 is 0. The minimum absolute atomic E-state index is 0.322. The Morgan fingerprint density at radius 2 is 1.17 bits per heavy atom. The van der Waals surface area contributed by atoms with Crippen molar-refractivity contribution >= 4 is 11.9 Å². The molecule has 0 aromatic heterocycles. The summed E-state index contributed by atoms with van der Waals surface area (Å²) in [6.45, 7) is 0. The van der Waals surface area contributed by atoms with Crippen LogP contribution < -0.4 is 0 Å². The third-order valence-electron chi connectivity index (χ3n) is 4.48. The predicted octanol–water partition coefficient (Wildman–Crippen LogP) is 2.61. The Balaban J connectivity index is 2.50. The van der Waals surface area contributed by atoms with E-state index in [0.29, 0.717) is 38.5 Å². The summed E-state index contributed by atoms with van der Waals surface area (Å²) in [5, 5.41) is 19.3. The monoisotopic (exact) mass is 250 g/mol. The van der Waals surface area contributed by atoms with E-state index in [1.807, 2.05) is 24.3 Å². The molecule has 0 bridgehead atoms. The van der Waals surface area contributed by atoms with Crippen LogP contribution in [0, 0.1) is 10.8 Å². The van der Waals surface area contributed by atoms with Crippen molar-refractivity contribution in [1.82, 2.24) is 0 Å². The second kappa shape index (κ2) is 4.59. The second-order valence-corrected chi connectivity index (χ2v) is 5.20. The first-order valence-corrected chi connectivity index (χ1v) is 6.32. The molecule has 0 unspecified atom stereocenters. The van der Waals surface area contributed by atoms with E-state index in [2.05, 4.69) is 0 Å². The lowest BCUT2D eigenvalue weighted by Gasteiger charge is -2.46. The van der Waals surface area contributed by atoms with Gasteiger partial charge >= 0.3 is 11.9 Å². The highest BCUT2D eigenvalue weighted by atomic mass is 16.4. The van der Waals surface area contributed by atoms with Crippen molar-refractivity contribution in [3.8, 4) is 0 Å². The molecule has 0 saturated carbocycles. The molecule has 0 spiro atoms. The first-order valence-electron chi connectivity index (χ1n) is 6.32. The van der Waals surface area contributed by atoms with E-state index in [4.69, 9.17) is 0 Å². The van der Waals surface area contributed by atoms with Gasteiger partial charge in [-0.3, -0.25) is 9.59 Å². The van der Waals surface area contributed by atoms with Gasteiger partial charge in [0.2, 0.25) is 0 Å². The predicted molar refractivity (Wildman–Crippen MR) is 66.1 cm³/mol. The van der Waals surface area contributed by atoms with Crippen LogP contribution in [0.2, 0.25) is 0 Å². The van der Waals surface area contributed by atoms with Crippen LogP contribution in [0.15, 0.2) is 24.3 Å². The van der Waals surface area contributed by atoms with Crippen LogP contribution in [0.3, 0.4) is 0 Å². The van der Waals surface area contributed by atoms with Gasteiger partial charge in [-0.2, -0.15) is 0 Å². The third kappa shape index (κ3) is 1.67. The first-order chi connectivity index (χ1) is 8.55. The molecule has 0 fully saturated rings. The number of hydrogen-bond donors (Lipinski definition) is 2. The SMILES string of the molecule is O=C(O)[C@]1([C@@]2(C(=O)O)CC=CCC2)CC=CCC1. The Bertz CT molecular complexity index is 384. The Labute approximate surface area is 106 Å². The summed E-state index contributed by atoms with van der Waals surface area (Å²) in [4.78, 5) is 23.5. The smallest absolute Gasteiger partial charge is 0.311 e. The summed E-state index contributed by atoms with van der Waals surface area (Å²) in [6.07, 6.45) is 10.3. The molecule has 0 aromatic rings. The largest absolute Gasteiger partial charge is 0.481 e. The summed E-state index contributed by atoms with van der Waals surface area (Å²) in [7, 11) is 0. The van der Waals surface area contributed by atoms with Crippen molar-refractivity contribution in [1.29, 1.82) is 0 Å². The zero-order valence-electron chi connectivity index (χ0n) is 10.3. The van der Waals surface area contributed by atoms with E-state index in [-0.39, 0.29) is 0 Å². The van der Waals surface area contributed by atoms with Gasteiger partial charge in [0.15, 0.2) is 0 Å². The van der Waals surface area contributed by atoms with Gasteiger partial charge in [0.05, 0.1) is 10.8 Å². The molecule has 2 aliphatic carbocycles. The van der Waals surface area contributed by atoms with Crippen molar-refractivity contribution in [3.05, 3.63) is 24.3 Å². The average Bonchev–Trinajstić information content (AvgIpc) is 2.40. The molecular weight excluding hydrogens is 232 g/mol. The molecule has 4 heteroatoms. The Kier molecular flexibility index (Phi) is 3.28. The maximum atomic E-state index is 11.8. The highest BCUT2D eigenvalue weighted by molar-refractivity contribution is 5.87. The van der Waals surface area contributed by atoms with Crippen LogP contribution in [0.5, 0.6) is 0 Å². The normalized spacial score (nSPS) is 35.3. The van der Waals surface area contributed by atoms with Crippen LogP contribution in [-0.4, -0.2) is 22.2 Å². The van der Waals surface area contributed by atoms with Crippen LogP contribution >= 0.6 is 0 Å². The number of rotatable bonds is 3. The molecule has 2 rings (SSSR count). The van der Waals surface area contributed by atoms with Gasteiger partial charge in [-0.25, -0.2) is 0 Å². The summed E-state index contributed by atoms with van der Waals surface area (Å²) in [6, 6.07) is 0. The second-order valence-electron chi connectivity index (χ2n) is 5.20. The molecule has 2 N–H and O–H groups in total. The molecule has 0 aliphatic heterocycles. The molecule has 4 nitrogen and oxygen atoms in total. The maximum Gasteiger partial charge on any atom is 0.311 e. The van der Waals surface area contributed by atoms with E-state index in [9.17, 15) is 19.8 Å². The quantitative estimate of drug-likeness (QED) is 0.755. The van der Waals surface area contributed by atoms with Gasteiger partial charge < -0.3 is 10.2 Å². The minimum Gasteiger partial charge on any atom is -0.481 e. The van der Waals surface area contributed by atoms with Crippen LogP contribution in [0.4, 0.5) is 0 Å². The fraction of sp³-hybridized carbons (Fsp3) is 0.571. The molecule has 0 heterocycles. The summed E-state index contributed by atoms with van der Waals surface area (Å²) in [5.74, 6) is -1.94. The number of carboxylic acid groups (broad SMARTS) is 2. The van der Waals surface area contributed by atoms with E-state index < -0.39 is 22.8 Å². The molecule has 18 heavy (non-hydrogen) atoms. The third-order valence-corrected chi connectivity index (χ3v) is 4.48. The van der Waals surface area contributed by atoms with Crippen LogP contribution in [-0.2, 0) is 9.59 Å². The fourth-order valence-electron chi connectivity index (χ4n) is 3.34. The molecule has 98 valence electrons. The highest BCUT2D eigenvalue weighted by Gasteiger charge is 2.60. The van der Waals surface area contributed by atoms with Crippen molar-refractivity contribution < 1.29 is 19.8 Å². The van der Waals surface area contributed by atoms with Crippen molar-refractivity contribution in [2.75, 3.05) is 0 Å². The molecule has 0 saturated heterocycles. The molecule has 0 radical (unpaired) electrons. The minimum atomic E-state index is -1.15. The van der Waals surface area contributed by atoms with Crippen molar-refractivity contribution in [2.24, 2.45) is 10.8 Å². The Morgan fingerprint density at radius 3 is 1.39 bits per heavy atom. The molecule has 0 amide bonds. The average molecular weight is 250 g/mol. The van der Waals surface area contributed by atoms with E-state index in [1.54, 1.807) is 0 Å². The lowest BCUT2D eigenvalue weighted by Crippen LogP contribution is -2.53. The van der Waals surface area contributed by atoms with Gasteiger partial charge in [-0.1, -0.05) is 24.3 Å². The van der Waals surface area contributed by atoms with E-state index in [1.165, 1.54) is 0 Å². The number of hydrogen-bond acceptors (Lipinski definition) is 2. The Morgan fingerprint density at radius 1 is 0.778 bits per heavy atom. The van der Waals surface area contributed by atoms with Crippen molar-refractivity contribution in [3.63, 3.8) is 0 Å². The molecular formula is C14H18O4. The lowest BCUT2D eigenvalue weighted by molar-refractivity contribution is -0.176. The maximum absolute atomic E-state index is 11.8. The molecule has 2 atom stereocenters. The van der Waals surface area contributed by atoms with E-state index in [0.717, 1.165) is 0 Å². The van der Waals surface area contributed by atoms with Gasteiger partial charge in [-0.05, 0) is 38.5 Å². The van der Waals surface area contributed by atoms with Crippen molar-refractivity contribution in [2.45, 2.75) is 38.5 Å². The highest BCUT2D eigenvalue weighted by Crippen LogP contribution is 2.54. The van der Waals surface area contributed by atoms with Crippen LogP contribution in [0.25, 0.3) is 0 Å². The van der Waals surface area contributed by atoms with Gasteiger partial charge in [0, 0.05) is 0 Å².